The monoisotopic (exact) mass is 790 g/mol. The molecule has 57 heavy (non-hydrogen) atoms. The summed E-state index contributed by atoms with van der Waals surface area (Å²) in [6.45, 7) is 7.49. The third kappa shape index (κ3) is 7.31. The molecule has 2 bridgehead atoms. The molecule has 7 heterocycles. The Kier molecular flexibility index (Phi) is 11.1. The van der Waals surface area contributed by atoms with E-state index in [1.165, 1.54) is 6.07 Å². The molecule has 5 fully saturated rings. The van der Waals surface area contributed by atoms with Gasteiger partial charge >= 0.3 is 12.2 Å². The number of anilines is 1. The summed E-state index contributed by atoms with van der Waals surface area (Å²) >= 11 is 0. The Balaban J connectivity index is 0.000000330. The standard InChI is InChI=1S/C36H36F2N6O.C6H9F3O.C2H6/c1-2-23-25(37)13-11-21-7-3-8-24(29(21)23)32-31(38)33-30-27(40-32)9-4-10-28-26-14-12-22(39-26)19-44(28)34(30)42-35(41-33)45-20-36-15-5-17-43(36)18-6-16-36;1-10-5(4-2-3-4)6(7,8)9;1-2/h1,3,7-8,11,13,22,26,28,39H,4-6,9-10,12,14-20H2;4-5H,2-3H2,1H3;1-2H3/t22-,26+,28?;;/m0../s1. The van der Waals surface area contributed by atoms with E-state index in [4.69, 9.17) is 26.1 Å². The SMILES string of the molecule is C#Cc1c(F)ccc2cccc(-c3nc4c5c(nc(OCC67CCCN6CCC7)nc5c3F)N3C[C@@H]5CC[C@@H](N5)C3CCC4)c12.CC.COC(C1CC1)C(F)(F)F. The van der Waals surface area contributed by atoms with Crippen LogP contribution in [0.15, 0.2) is 30.3 Å². The third-order valence-corrected chi connectivity index (χ3v) is 12.9. The molecular formula is C44H51F5N6O2. The first-order valence-corrected chi connectivity index (χ1v) is 20.7. The van der Waals surface area contributed by atoms with E-state index in [9.17, 15) is 17.6 Å². The Morgan fingerprint density at radius 1 is 0.965 bits per heavy atom. The van der Waals surface area contributed by atoms with E-state index < -0.39 is 23.9 Å². The zero-order valence-corrected chi connectivity index (χ0v) is 32.9. The number of ether oxygens (including phenoxy) is 2. The van der Waals surface area contributed by atoms with Gasteiger partial charge in [0.15, 0.2) is 11.9 Å². The Bertz CT molecular complexity index is 2160. The predicted molar refractivity (Wildman–Crippen MR) is 211 cm³/mol. The van der Waals surface area contributed by atoms with Gasteiger partial charge in [-0.05, 0) is 101 Å². The molecule has 4 saturated heterocycles. The topological polar surface area (TPSA) is 75.6 Å². The molecule has 1 saturated carbocycles. The third-order valence-electron chi connectivity index (χ3n) is 12.9. The van der Waals surface area contributed by atoms with Gasteiger partial charge < -0.3 is 19.7 Å². The van der Waals surface area contributed by atoms with Crippen LogP contribution in [0, 0.1) is 29.9 Å². The van der Waals surface area contributed by atoms with E-state index in [0.717, 1.165) is 95.0 Å². The minimum absolute atomic E-state index is 0.00632. The van der Waals surface area contributed by atoms with Crippen LogP contribution in [0.5, 0.6) is 6.01 Å². The Morgan fingerprint density at radius 3 is 2.42 bits per heavy atom. The van der Waals surface area contributed by atoms with Gasteiger partial charge in [-0.2, -0.15) is 23.1 Å². The largest absolute Gasteiger partial charge is 0.461 e. The lowest BCUT2D eigenvalue weighted by molar-refractivity contribution is -0.218. The van der Waals surface area contributed by atoms with Crippen LogP contribution < -0.4 is 15.0 Å². The van der Waals surface area contributed by atoms with Gasteiger partial charge in [0.05, 0.1) is 22.2 Å². The number of pyridine rings is 1. The van der Waals surface area contributed by atoms with Crippen LogP contribution >= 0.6 is 0 Å². The summed E-state index contributed by atoms with van der Waals surface area (Å²) < 4.78 is 78.5. The number of aromatic nitrogens is 3. The molecule has 13 heteroatoms. The van der Waals surface area contributed by atoms with Gasteiger partial charge in [0.2, 0.25) is 0 Å². The summed E-state index contributed by atoms with van der Waals surface area (Å²) in [4.78, 5) is 19.8. The van der Waals surface area contributed by atoms with Crippen LogP contribution in [0.2, 0.25) is 0 Å². The molecule has 1 N–H and O–H groups in total. The molecule has 0 spiro atoms. The number of nitrogens with one attached hydrogen (secondary N) is 1. The second kappa shape index (κ2) is 15.9. The predicted octanol–water partition coefficient (Wildman–Crippen LogP) is 8.76. The highest BCUT2D eigenvalue weighted by atomic mass is 19.4. The first-order valence-electron chi connectivity index (χ1n) is 20.7. The first kappa shape index (κ1) is 39.7. The summed E-state index contributed by atoms with van der Waals surface area (Å²) in [6.07, 6.45) is 10.7. The van der Waals surface area contributed by atoms with Gasteiger partial charge in [0.1, 0.15) is 29.5 Å². The molecule has 2 aromatic heterocycles. The number of nitrogens with zero attached hydrogens (tertiary/aromatic N) is 5. The fraction of sp³-hybridized carbons (Fsp3) is 0.568. The molecule has 6 aliphatic rings. The Hall–Kier alpha value is -4.12. The number of methoxy groups -OCH3 is 1. The zero-order chi connectivity index (χ0) is 40.1. The van der Waals surface area contributed by atoms with Crippen molar-refractivity contribution >= 4 is 27.5 Å². The smallest absolute Gasteiger partial charge is 0.414 e. The minimum atomic E-state index is -4.17. The number of hydrogen-bond acceptors (Lipinski definition) is 8. The van der Waals surface area contributed by atoms with Crippen LogP contribution in [0.25, 0.3) is 32.9 Å². The van der Waals surface area contributed by atoms with Crippen LogP contribution in [0.1, 0.15) is 89.3 Å². The van der Waals surface area contributed by atoms with Gasteiger partial charge in [-0.15, -0.1) is 6.42 Å². The molecule has 8 nitrogen and oxygen atoms in total. The van der Waals surface area contributed by atoms with Gasteiger partial charge in [-0.3, -0.25) is 4.90 Å². The fourth-order valence-electron chi connectivity index (χ4n) is 10.1. The molecule has 1 aliphatic carbocycles. The minimum Gasteiger partial charge on any atom is -0.461 e. The second-order valence-corrected chi connectivity index (χ2v) is 16.1. The van der Waals surface area contributed by atoms with Gasteiger partial charge in [-0.1, -0.05) is 44.0 Å². The maximum absolute atomic E-state index is 17.1. The Morgan fingerprint density at radius 2 is 1.74 bits per heavy atom. The van der Waals surface area contributed by atoms with Crippen LogP contribution in [0.4, 0.5) is 27.8 Å². The summed E-state index contributed by atoms with van der Waals surface area (Å²) in [5.74, 6) is 1.88. The number of aryl methyl sites for hydroxylation is 1. The lowest BCUT2D eigenvalue weighted by Crippen LogP contribution is -2.58. The fourth-order valence-corrected chi connectivity index (χ4v) is 10.1. The number of rotatable bonds is 6. The van der Waals surface area contributed by atoms with Crippen molar-refractivity contribution < 1.29 is 31.4 Å². The lowest BCUT2D eigenvalue weighted by atomic mass is 9.93. The van der Waals surface area contributed by atoms with Crippen molar-refractivity contribution in [2.75, 3.05) is 38.3 Å². The lowest BCUT2D eigenvalue weighted by Gasteiger charge is -2.43. The van der Waals surface area contributed by atoms with E-state index in [1.54, 1.807) is 12.1 Å². The maximum atomic E-state index is 17.1. The average molecular weight is 791 g/mol. The summed E-state index contributed by atoms with van der Waals surface area (Å²) in [6, 6.07) is 9.73. The molecule has 4 aromatic rings. The molecule has 2 unspecified atom stereocenters. The molecule has 5 aliphatic heterocycles. The van der Waals surface area contributed by atoms with Crippen molar-refractivity contribution in [3.8, 4) is 29.6 Å². The second-order valence-electron chi connectivity index (χ2n) is 16.1. The molecular weight excluding hydrogens is 740 g/mol. The maximum Gasteiger partial charge on any atom is 0.414 e. The summed E-state index contributed by atoms with van der Waals surface area (Å²) in [7, 11) is 1.11. The van der Waals surface area contributed by atoms with Crippen LogP contribution in [-0.2, 0) is 11.2 Å². The number of terminal acetylenes is 1. The highest BCUT2D eigenvalue weighted by molar-refractivity contribution is 6.02. The van der Waals surface area contributed by atoms with Crippen molar-refractivity contribution in [1.29, 1.82) is 0 Å². The van der Waals surface area contributed by atoms with Crippen molar-refractivity contribution in [3.63, 3.8) is 0 Å². The molecule has 10 rings (SSSR count). The number of benzene rings is 2. The Labute approximate surface area is 330 Å². The molecule has 304 valence electrons. The normalized spacial score (nSPS) is 24.0. The average Bonchev–Trinajstić information content (AvgIpc) is 3.63. The van der Waals surface area contributed by atoms with Crippen molar-refractivity contribution in [2.24, 2.45) is 5.92 Å². The van der Waals surface area contributed by atoms with E-state index in [1.807, 2.05) is 26.0 Å². The zero-order valence-electron chi connectivity index (χ0n) is 32.9. The number of alkyl halides is 3. The summed E-state index contributed by atoms with van der Waals surface area (Å²) in [5.41, 5.74) is 1.69. The number of halogens is 5. The van der Waals surface area contributed by atoms with Crippen LogP contribution in [-0.4, -0.2) is 89.1 Å². The quantitative estimate of drug-likeness (QED) is 0.154. The number of hydrogen-bond donors (Lipinski definition) is 1. The van der Waals surface area contributed by atoms with Crippen molar-refractivity contribution in [2.45, 2.75) is 120 Å². The number of piperazine rings is 1. The highest BCUT2D eigenvalue weighted by Gasteiger charge is 2.49. The van der Waals surface area contributed by atoms with Crippen molar-refractivity contribution in [3.05, 3.63) is 53.2 Å². The molecule has 0 amide bonds. The molecule has 2 aromatic carbocycles. The highest BCUT2D eigenvalue weighted by Crippen LogP contribution is 2.44. The van der Waals surface area contributed by atoms with Gasteiger partial charge in [0, 0.05) is 42.7 Å². The van der Waals surface area contributed by atoms with E-state index >= 15 is 4.39 Å². The van der Waals surface area contributed by atoms with E-state index in [-0.39, 0.29) is 40.3 Å². The van der Waals surface area contributed by atoms with E-state index in [0.29, 0.717) is 54.3 Å². The molecule has 4 atom stereocenters. The van der Waals surface area contributed by atoms with Crippen molar-refractivity contribution in [1.82, 2.24) is 25.2 Å². The first-order chi connectivity index (χ1) is 27.6. The molecule has 0 radical (unpaired) electrons. The van der Waals surface area contributed by atoms with Gasteiger partial charge in [-0.25, -0.2) is 13.8 Å². The summed E-state index contributed by atoms with van der Waals surface area (Å²) in [5, 5.41) is 5.69. The number of fused-ring (bicyclic) bond motifs is 7. The van der Waals surface area contributed by atoms with E-state index in [2.05, 4.69) is 25.8 Å². The van der Waals surface area contributed by atoms with Gasteiger partial charge in [0.25, 0.3) is 0 Å². The van der Waals surface area contributed by atoms with Crippen LogP contribution in [0.3, 0.4) is 0 Å².